The van der Waals surface area contributed by atoms with E-state index in [1.165, 1.54) is 38.7 Å². The van der Waals surface area contributed by atoms with Crippen molar-refractivity contribution in [2.24, 2.45) is 0 Å². The molecular weight excluding hydrogens is 914 g/mol. The van der Waals surface area contributed by atoms with Gasteiger partial charge in [0.15, 0.2) is 0 Å². The summed E-state index contributed by atoms with van der Waals surface area (Å²) in [4.78, 5) is 14.5. The van der Waals surface area contributed by atoms with Crippen molar-refractivity contribution in [2.75, 3.05) is 9.62 Å². The molecule has 0 aliphatic carbocycles. The van der Waals surface area contributed by atoms with Crippen LogP contribution in [0.4, 0.5) is 22.9 Å². The van der Waals surface area contributed by atoms with Gasteiger partial charge >= 0.3 is 7.19 Å². The molecular formula is C52H42BIrN5O-2. The molecule has 0 bridgehead atoms. The van der Waals surface area contributed by atoms with E-state index in [1.54, 1.807) is 0 Å². The van der Waals surface area contributed by atoms with Crippen LogP contribution in [0.1, 0.15) is 50.1 Å². The van der Waals surface area contributed by atoms with Crippen LogP contribution in [0.2, 0.25) is 0 Å². The minimum Gasteiger partial charge on any atom is -0.522 e. The number of nitrogens with zero attached hydrogens (tertiary/aromatic N) is 5. The van der Waals surface area contributed by atoms with Gasteiger partial charge in [-0.15, -0.1) is 35.7 Å². The van der Waals surface area contributed by atoms with Crippen molar-refractivity contribution in [1.82, 2.24) is 14.4 Å². The molecule has 0 fully saturated rings. The fourth-order valence-corrected chi connectivity index (χ4v) is 9.56. The molecule has 3 aliphatic heterocycles. The Bertz CT molecular complexity index is 3140. The van der Waals surface area contributed by atoms with Gasteiger partial charge in [0.25, 0.3) is 0 Å². The van der Waals surface area contributed by atoms with Crippen LogP contribution in [0, 0.1) is 26.0 Å². The summed E-state index contributed by atoms with van der Waals surface area (Å²) in [5, 5.41) is 3.60. The van der Waals surface area contributed by atoms with Gasteiger partial charge in [0, 0.05) is 70.7 Å². The van der Waals surface area contributed by atoms with E-state index in [1.807, 2.05) is 42.6 Å². The van der Waals surface area contributed by atoms with Gasteiger partial charge in [0.05, 0.1) is 17.0 Å². The van der Waals surface area contributed by atoms with Crippen molar-refractivity contribution in [3.05, 3.63) is 180 Å². The van der Waals surface area contributed by atoms with Gasteiger partial charge in [-0.2, -0.15) is 24.3 Å². The molecule has 6 heterocycles. The minimum absolute atomic E-state index is 0. The number of rotatable bonds is 2. The van der Waals surface area contributed by atoms with Crippen molar-refractivity contribution >= 4 is 57.4 Å². The fraction of sp³-hybridized carbons (Fsp3) is 0.154. The zero-order valence-electron chi connectivity index (χ0n) is 34.4. The van der Waals surface area contributed by atoms with Crippen LogP contribution in [-0.2, 0) is 30.9 Å². The van der Waals surface area contributed by atoms with Crippen LogP contribution >= 0.6 is 0 Å². The molecule has 0 saturated heterocycles. The summed E-state index contributed by atoms with van der Waals surface area (Å²) < 4.78 is 9.13. The van der Waals surface area contributed by atoms with E-state index >= 15 is 0 Å². The van der Waals surface area contributed by atoms with Crippen molar-refractivity contribution < 1.29 is 24.8 Å². The molecule has 0 N–H and O–H groups in total. The quantitative estimate of drug-likeness (QED) is 0.0981. The molecule has 3 aliphatic rings. The van der Waals surface area contributed by atoms with E-state index in [9.17, 15) is 0 Å². The number of anilines is 4. The number of fused-ring (bicyclic) bond motifs is 10. The first kappa shape index (κ1) is 38.0. The van der Waals surface area contributed by atoms with Gasteiger partial charge < -0.3 is 18.7 Å². The summed E-state index contributed by atoms with van der Waals surface area (Å²) in [5.41, 5.74) is 14.9. The third-order valence-corrected chi connectivity index (χ3v) is 13.4. The average Bonchev–Trinajstić information content (AvgIpc) is 3.79. The van der Waals surface area contributed by atoms with E-state index in [0.29, 0.717) is 0 Å². The van der Waals surface area contributed by atoms with Crippen LogP contribution in [0.15, 0.2) is 146 Å². The van der Waals surface area contributed by atoms with Crippen molar-refractivity contribution in [2.45, 2.75) is 52.4 Å². The molecule has 1 radical (unpaired) electrons. The molecule has 0 amide bonds. The Kier molecular flexibility index (Phi) is 8.83. The first-order valence-electron chi connectivity index (χ1n) is 20.4. The first-order valence-corrected chi connectivity index (χ1v) is 20.4. The van der Waals surface area contributed by atoms with Gasteiger partial charge in [-0.3, -0.25) is 4.98 Å². The number of aryl methyl sites for hydroxylation is 1. The maximum Gasteiger partial charge on any atom is 0.628 e. The van der Waals surface area contributed by atoms with E-state index in [4.69, 9.17) is 14.6 Å². The SMILES string of the molecule is CC1(C)c2cccc3c4ccc[c-]c4c4nc(-c5ccccc5)c(n4c23)C1(C)C.Cc1cnc2c(c1C)N1B(Oc3ccccc3-c3ccccc31)N2c1[c-]cccc1.[Ir]. The summed E-state index contributed by atoms with van der Waals surface area (Å²) >= 11 is 0. The smallest absolute Gasteiger partial charge is 0.522 e. The van der Waals surface area contributed by atoms with Gasteiger partial charge in [0.2, 0.25) is 0 Å². The minimum atomic E-state index is -0.392. The van der Waals surface area contributed by atoms with Crippen LogP contribution in [0.3, 0.4) is 0 Å². The standard InChI is InChI=1S/C27H23N2.C25H19BN3O.Ir/c1-26(2)21-16-10-15-19-18-13-8-9-14-20(18)25-28-22(17-11-6-5-7-12-17)24(27(26,3)4)29(25)23(19)21;1-17-16-27-25-24(18(17)2)29-22-14-8-6-12-20(22)21-13-7-9-15-23(21)30-26(29)28(25)19-10-4-3-5-11-19;/h5-13,15-16H,1-4H3;3-10,12-16H,1-2H3;/q2*-1;. The van der Waals surface area contributed by atoms with Crippen LogP contribution < -0.4 is 14.3 Å². The molecule has 6 nitrogen and oxygen atoms in total. The Morgan fingerprint density at radius 1 is 0.667 bits per heavy atom. The second-order valence-corrected chi connectivity index (χ2v) is 16.9. The van der Waals surface area contributed by atoms with E-state index < -0.39 is 7.19 Å². The second-order valence-electron chi connectivity index (χ2n) is 16.9. The molecule has 60 heavy (non-hydrogen) atoms. The van der Waals surface area contributed by atoms with Crippen molar-refractivity contribution in [3.63, 3.8) is 0 Å². The maximum absolute atomic E-state index is 6.70. The van der Waals surface area contributed by atoms with E-state index in [0.717, 1.165) is 62.0 Å². The predicted octanol–water partition coefficient (Wildman–Crippen LogP) is 12.5. The predicted molar refractivity (Wildman–Crippen MR) is 242 cm³/mol. The normalized spacial score (nSPS) is 15.0. The van der Waals surface area contributed by atoms with Crippen LogP contribution in [0.25, 0.3) is 49.7 Å². The molecule has 0 saturated carbocycles. The topological polar surface area (TPSA) is 45.9 Å². The summed E-state index contributed by atoms with van der Waals surface area (Å²) in [6.07, 6.45) is 1.94. The van der Waals surface area contributed by atoms with Crippen molar-refractivity contribution in [1.29, 1.82) is 0 Å². The molecule has 0 unspecified atom stereocenters. The van der Waals surface area contributed by atoms with E-state index in [2.05, 4.69) is 171 Å². The van der Waals surface area contributed by atoms with Gasteiger partial charge in [0.1, 0.15) is 11.6 Å². The van der Waals surface area contributed by atoms with E-state index in [-0.39, 0.29) is 30.9 Å². The summed E-state index contributed by atoms with van der Waals surface area (Å²) in [5.74, 6) is 1.75. The zero-order valence-corrected chi connectivity index (χ0v) is 36.8. The molecule has 6 aromatic carbocycles. The monoisotopic (exact) mass is 956 g/mol. The number of imidazole rings is 1. The maximum atomic E-state index is 6.70. The number of benzene rings is 6. The Morgan fingerprint density at radius 2 is 1.38 bits per heavy atom. The number of aromatic nitrogens is 3. The summed E-state index contributed by atoms with van der Waals surface area (Å²) in [7, 11) is -0.392. The molecule has 0 spiro atoms. The van der Waals surface area contributed by atoms with Crippen LogP contribution in [-0.4, -0.2) is 21.6 Å². The van der Waals surface area contributed by atoms with Gasteiger partial charge in [-0.25, -0.2) is 4.98 Å². The van der Waals surface area contributed by atoms with Gasteiger partial charge in [-0.05, 0) is 48.1 Å². The molecule has 9 aromatic rings. The average molecular weight is 956 g/mol. The molecule has 8 heteroatoms. The largest absolute Gasteiger partial charge is 0.628 e. The summed E-state index contributed by atoms with van der Waals surface area (Å²) in [6.45, 7) is 13.7. The molecule has 295 valence electrons. The second kappa shape index (κ2) is 13.9. The third-order valence-electron chi connectivity index (χ3n) is 13.4. The number of para-hydroxylation sites is 4. The summed E-state index contributed by atoms with van der Waals surface area (Å²) in [6, 6.07) is 55.2. The van der Waals surface area contributed by atoms with Gasteiger partial charge in [-0.1, -0.05) is 124 Å². The first-order chi connectivity index (χ1) is 28.7. The number of hydrogen-bond donors (Lipinski definition) is 0. The zero-order chi connectivity index (χ0) is 40.2. The Hall–Kier alpha value is -6.21. The fourth-order valence-electron chi connectivity index (χ4n) is 9.56. The Morgan fingerprint density at radius 3 is 2.18 bits per heavy atom. The molecule has 12 rings (SSSR count). The van der Waals surface area contributed by atoms with Crippen molar-refractivity contribution in [3.8, 4) is 28.1 Å². The Balaban J connectivity index is 0.000000142. The number of hydrogen-bond acceptors (Lipinski definition) is 5. The third kappa shape index (κ3) is 5.30. The molecule has 0 atom stereocenters. The number of pyridine rings is 2. The Labute approximate surface area is 365 Å². The molecule has 3 aromatic heterocycles. The van der Waals surface area contributed by atoms with Crippen LogP contribution in [0.5, 0.6) is 5.75 Å².